The first-order valence-corrected chi connectivity index (χ1v) is 4.08. The first kappa shape index (κ1) is 18.6. The van der Waals surface area contributed by atoms with Gasteiger partial charge in [-0.1, -0.05) is 13.8 Å². The van der Waals surface area contributed by atoms with Gasteiger partial charge >= 0.3 is 0 Å². The summed E-state index contributed by atoms with van der Waals surface area (Å²) in [6, 6.07) is 0. The van der Waals surface area contributed by atoms with Gasteiger partial charge in [0.1, 0.15) is 0 Å². The fourth-order valence-corrected chi connectivity index (χ4v) is 0. The highest BCUT2D eigenvalue weighted by Crippen LogP contribution is 1.77. The molecule has 0 unspecified atom stereocenters. The monoisotopic (exact) mass is 198 g/mol. The fourth-order valence-electron chi connectivity index (χ4n) is 0. The van der Waals surface area contributed by atoms with Crippen LogP contribution in [-0.2, 0) is 4.74 Å². The van der Waals surface area contributed by atoms with Gasteiger partial charge in [0.25, 0.3) is 0 Å². The van der Waals surface area contributed by atoms with Gasteiger partial charge in [0.15, 0.2) is 12.6 Å². The lowest BCUT2D eigenvalue weighted by Crippen LogP contribution is -1.99. The minimum absolute atomic E-state index is 0.417. The minimum Gasteiger partial charge on any atom is -0.388 e. The van der Waals surface area contributed by atoms with Crippen molar-refractivity contribution in [3.05, 3.63) is 0 Å². The first-order chi connectivity index (χ1) is 5.95. The number of hydrogen-bond donors (Lipinski definition) is 4. The van der Waals surface area contributed by atoms with Gasteiger partial charge < -0.3 is 25.2 Å². The molecule has 5 nitrogen and oxygen atoms in total. The second-order valence-electron chi connectivity index (χ2n) is 2.19. The number of aliphatic hydroxyl groups excluding tert-OH is 2. The van der Waals surface area contributed by atoms with E-state index in [1.807, 2.05) is 0 Å². The molecule has 0 heterocycles. The average molecular weight is 198 g/mol. The number of hydrogen-bond acceptors (Lipinski definition) is 5. The molecule has 0 atom stereocenters. The Morgan fingerprint density at radius 2 is 0.923 bits per heavy atom. The maximum Gasteiger partial charge on any atom is 0.151 e. The standard InChI is InChI=1S/2C3H8O2.C2H6O/c2*1-2-3(4)5;1-3-2/h2*3-5H,2H2,1H3;1-2H3. The summed E-state index contributed by atoms with van der Waals surface area (Å²) in [6.07, 6.45) is -1.40. The summed E-state index contributed by atoms with van der Waals surface area (Å²) in [5, 5.41) is 31.7. The lowest BCUT2D eigenvalue weighted by atomic mass is 10.5. The maximum absolute atomic E-state index is 7.92. The summed E-state index contributed by atoms with van der Waals surface area (Å²) >= 11 is 0. The smallest absolute Gasteiger partial charge is 0.151 e. The summed E-state index contributed by atoms with van der Waals surface area (Å²) in [5.74, 6) is 0. The van der Waals surface area contributed by atoms with Gasteiger partial charge in [0.05, 0.1) is 0 Å². The van der Waals surface area contributed by atoms with Crippen molar-refractivity contribution in [2.75, 3.05) is 14.2 Å². The van der Waals surface area contributed by atoms with Crippen LogP contribution in [-0.4, -0.2) is 47.2 Å². The lowest BCUT2D eigenvalue weighted by Gasteiger charge is -1.90. The third-order valence-corrected chi connectivity index (χ3v) is 0.730. The molecule has 0 aromatic rings. The highest BCUT2D eigenvalue weighted by Gasteiger charge is 1.83. The van der Waals surface area contributed by atoms with Crippen LogP contribution in [0.2, 0.25) is 0 Å². The summed E-state index contributed by atoms with van der Waals surface area (Å²) < 4.78 is 4.25. The number of aliphatic hydroxyl groups is 4. The van der Waals surface area contributed by atoms with Crippen LogP contribution >= 0.6 is 0 Å². The van der Waals surface area contributed by atoms with Gasteiger partial charge in [-0.2, -0.15) is 0 Å². The molecule has 0 rings (SSSR count). The topological polar surface area (TPSA) is 90.2 Å². The van der Waals surface area contributed by atoms with Crippen molar-refractivity contribution in [3.63, 3.8) is 0 Å². The molecule has 0 aromatic heterocycles. The predicted molar refractivity (Wildman–Crippen MR) is 50.0 cm³/mol. The van der Waals surface area contributed by atoms with Crippen molar-refractivity contribution in [3.8, 4) is 0 Å². The number of ether oxygens (including phenoxy) is 1. The molecule has 4 N–H and O–H groups in total. The second kappa shape index (κ2) is 17.8. The minimum atomic E-state index is -1.12. The normalized spacial score (nSPS) is 8.77. The van der Waals surface area contributed by atoms with Crippen LogP contribution in [0.4, 0.5) is 0 Å². The molecule has 5 heteroatoms. The van der Waals surface area contributed by atoms with Crippen LogP contribution in [0.1, 0.15) is 26.7 Å². The molecule has 84 valence electrons. The van der Waals surface area contributed by atoms with E-state index in [0.717, 1.165) is 0 Å². The Hall–Kier alpha value is -0.200. The van der Waals surface area contributed by atoms with E-state index in [1.54, 1.807) is 28.1 Å². The molecular weight excluding hydrogens is 176 g/mol. The van der Waals surface area contributed by atoms with Gasteiger partial charge in [0.2, 0.25) is 0 Å². The van der Waals surface area contributed by atoms with Crippen molar-refractivity contribution < 1.29 is 25.2 Å². The van der Waals surface area contributed by atoms with Crippen LogP contribution in [0.15, 0.2) is 0 Å². The molecule has 0 aliphatic rings. The van der Waals surface area contributed by atoms with Gasteiger partial charge in [-0.05, 0) is 12.8 Å². The van der Waals surface area contributed by atoms with E-state index in [9.17, 15) is 0 Å². The number of rotatable bonds is 2. The third-order valence-electron chi connectivity index (χ3n) is 0.730. The average Bonchev–Trinajstić information content (AvgIpc) is 2.07. The molecule has 0 saturated heterocycles. The molecule has 0 saturated carbocycles. The molecule has 0 fully saturated rings. The van der Waals surface area contributed by atoms with Crippen LogP contribution in [0.25, 0.3) is 0 Å². The van der Waals surface area contributed by atoms with Crippen molar-refractivity contribution in [1.29, 1.82) is 0 Å². The van der Waals surface area contributed by atoms with Gasteiger partial charge in [-0.3, -0.25) is 0 Å². The molecule has 13 heavy (non-hydrogen) atoms. The summed E-state index contributed by atoms with van der Waals surface area (Å²) in [6.45, 7) is 3.40. The zero-order chi connectivity index (χ0) is 11.3. The van der Waals surface area contributed by atoms with E-state index < -0.39 is 12.6 Å². The van der Waals surface area contributed by atoms with Crippen LogP contribution in [0, 0.1) is 0 Å². The molecule has 0 spiro atoms. The Morgan fingerprint density at radius 3 is 0.923 bits per heavy atom. The first-order valence-electron chi connectivity index (χ1n) is 4.08. The van der Waals surface area contributed by atoms with Gasteiger partial charge in [0, 0.05) is 14.2 Å². The van der Waals surface area contributed by atoms with Crippen molar-refractivity contribution >= 4 is 0 Å². The Morgan fingerprint density at radius 1 is 0.846 bits per heavy atom. The zero-order valence-electron chi connectivity index (χ0n) is 8.77. The van der Waals surface area contributed by atoms with Gasteiger partial charge in [-0.15, -0.1) is 0 Å². The lowest BCUT2D eigenvalue weighted by molar-refractivity contribution is -0.0420. The Labute approximate surface area is 79.6 Å². The highest BCUT2D eigenvalue weighted by molar-refractivity contribution is 4.22. The highest BCUT2D eigenvalue weighted by atomic mass is 16.5. The molecule has 0 bridgehead atoms. The van der Waals surface area contributed by atoms with Gasteiger partial charge in [-0.25, -0.2) is 0 Å². The molecule has 0 aliphatic heterocycles. The number of methoxy groups -OCH3 is 1. The van der Waals surface area contributed by atoms with Crippen molar-refractivity contribution in [2.24, 2.45) is 0 Å². The quantitative estimate of drug-likeness (QED) is 0.456. The Balaban J connectivity index is -0.000000120. The maximum atomic E-state index is 7.92. The molecule has 0 aromatic carbocycles. The summed E-state index contributed by atoms with van der Waals surface area (Å²) in [5.41, 5.74) is 0. The van der Waals surface area contributed by atoms with E-state index in [4.69, 9.17) is 20.4 Å². The van der Waals surface area contributed by atoms with E-state index in [2.05, 4.69) is 4.74 Å². The van der Waals surface area contributed by atoms with Crippen molar-refractivity contribution in [1.82, 2.24) is 0 Å². The SMILES string of the molecule is CCC(O)O.CCC(O)O.COC. The van der Waals surface area contributed by atoms with Crippen LogP contribution in [0.5, 0.6) is 0 Å². The van der Waals surface area contributed by atoms with E-state index >= 15 is 0 Å². The zero-order valence-corrected chi connectivity index (χ0v) is 8.77. The predicted octanol–water partition coefficient (Wildman–Crippen LogP) is -0.323. The van der Waals surface area contributed by atoms with E-state index in [0.29, 0.717) is 12.8 Å². The Kier molecular flexibility index (Phi) is 25.4. The Bertz CT molecular complexity index is 57.6. The third kappa shape index (κ3) is 78.5. The second-order valence-corrected chi connectivity index (χ2v) is 2.19. The largest absolute Gasteiger partial charge is 0.388 e. The summed E-state index contributed by atoms with van der Waals surface area (Å²) in [4.78, 5) is 0. The van der Waals surface area contributed by atoms with Crippen molar-refractivity contribution in [2.45, 2.75) is 39.3 Å². The summed E-state index contributed by atoms with van der Waals surface area (Å²) in [7, 11) is 3.25. The molecule has 0 amide bonds. The van der Waals surface area contributed by atoms with Crippen LogP contribution < -0.4 is 0 Å². The molecular formula is C8H22O5. The van der Waals surface area contributed by atoms with Crippen LogP contribution in [0.3, 0.4) is 0 Å². The fraction of sp³-hybridized carbons (Fsp3) is 1.00. The van der Waals surface area contributed by atoms with E-state index in [-0.39, 0.29) is 0 Å². The molecule has 0 aliphatic carbocycles. The van der Waals surface area contributed by atoms with E-state index in [1.165, 1.54) is 0 Å². The molecule has 0 radical (unpaired) electrons.